The van der Waals surface area contributed by atoms with E-state index in [0.717, 1.165) is 24.3 Å². The predicted octanol–water partition coefficient (Wildman–Crippen LogP) is 1.98. The summed E-state index contributed by atoms with van der Waals surface area (Å²) >= 11 is 0. The summed E-state index contributed by atoms with van der Waals surface area (Å²) in [6.45, 7) is 7.96. The van der Waals surface area contributed by atoms with Crippen LogP contribution in [0.4, 0.5) is 5.69 Å². The molecular weight excluding hydrogens is 228 g/mol. The summed E-state index contributed by atoms with van der Waals surface area (Å²) in [7, 11) is 0. The molecular formula is C14H20N2O2. The Bertz CT molecular complexity index is 453. The minimum absolute atomic E-state index is 0.00990. The Morgan fingerprint density at radius 2 is 2.17 bits per heavy atom. The third kappa shape index (κ3) is 2.64. The number of nitrogens with one attached hydrogen (secondary N) is 1. The zero-order chi connectivity index (χ0) is 13.3. The number of rotatable bonds is 3. The molecule has 2 N–H and O–H groups in total. The van der Waals surface area contributed by atoms with Crippen LogP contribution in [0.2, 0.25) is 0 Å². The van der Waals surface area contributed by atoms with Gasteiger partial charge in [0, 0.05) is 18.8 Å². The molecule has 0 aliphatic carbocycles. The average molecular weight is 248 g/mol. The molecule has 4 nitrogen and oxygen atoms in total. The van der Waals surface area contributed by atoms with E-state index < -0.39 is 0 Å². The highest BCUT2D eigenvalue weighted by molar-refractivity contribution is 5.95. The Hall–Kier alpha value is -1.55. The molecule has 0 bridgehead atoms. The number of carbonyl (C=O) groups is 1. The van der Waals surface area contributed by atoms with Crippen LogP contribution in [-0.2, 0) is 4.79 Å². The van der Waals surface area contributed by atoms with E-state index in [2.05, 4.69) is 17.1 Å². The largest absolute Gasteiger partial charge is 0.508 e. The molecule has 0 saturated carbocycles. The van der Waals surface area contributed by atoms with Crippen molar-refractivity contribution in [2.45, 2.75) is 26.8 Å². The maximum absolute atomic E-state index is 12.1. The van der Waals surface area contributed by atoms with Crippen molar-refractivity contribution in [3.05, 3.63) is 23.8 Å². The van der Waals surface area contributed by atoms with Gasteiger partial charge >= 0.3 is 0 Å². The average Bonchev–Trinajstić information content (AvgIpc) is 2.27. The first-order valence-electron chi connectivity index (χ1n) is 6.32. The smallest absolute Gasteiger partial charge is 0.241 e. The van der Waals surface area contributed by atoms with Gasteiger partial charge in [-0.15, -0.1) is 0 Å². The summed E-state index contributed by atoms with van der Waals surface area (Å²) in [4.78, 5) is 14.2. The first kappa shape index (κ1) is 12.9. The molecule has 1 aromatic carbocycles. The summed E-state index contributed by atoms with van der Waals surface area (Å²) in [5.74, 6) is 0.918. The van der Waals surface area contributed by atoms with Crippen LogP contribution in [0.1, 0.15) is 19.4 Å². The SMILES string of the molecule is Cc1cc(O)ccc1NC(=O)[C@H](C)N1CC(C)C1. The maximum atomic E-state index is 12.1. The molecule has 0 unspecified atom stereocenters. The van der Waals surface area contributed by atoms with Gasteiger partial charge in [-0.2, -0.15) is 0 Å². The molecule has 0 radical (unpaired) electrons. The normalized spacial score (nSPS) is 18.2. The summed E-state index contributed by atoms with van der Waals surface area (Å²) in [5.41, 5.74) is 1.63. The second-order valence-corrected chi connectivity index (χ2v) is 5.22. The van der Waals surface area contributed by atoms with Crippen LogP contribution in [0.25, 0.3) is 0 Å². The summed E-state index contributed by atoms with van der Waals surface area (Å²) in [6.07, 6.45) is 0. The van der Waals surface area contributed by atoms with Gasteiger partial charge in [0.15, 0.2) is 0 Å². The number of hydrogen-bond donors (Lipinski definition) is 2. The highest BCUT2D eigenvalue weighted by Crippen LogP contribution is 2.22. The molecule has 1 fully saturated rings. The highest BCUT2D eigenvalue weighted by Gasteiger charge is 2.30. The second-order valence-electron chi connectivity index (χ2n) is 5.22. The minimum atomic E-state index is -0.102. The van der Waals surface area contributed by atoms with Crippen molar-refractivity contribution in [3.8, 4) is 5.75 Å². The molecule has 1 atom stereocenters. The van der Waals surface area contributed by atoms with E-state index >= 15 is 0 Å². The van der Waals surface area contributed by atoms with Gasteiger partial charge in [-0.05, 0) is 43.5 Å². The van der Waals surface area contributed by atoms with Crippen LogP contribution >= 0.6 is 0 Å². The number of benzene rings is 1. The number of anilines is 1. The van der Waals surface area contributed by atoms with Crippen molar-refractivity contribution in [2.24, 2.45) is 5.92 Å². The predicted molar refractivity (Wildman–Crippen MR) is 71.7 cm³/mol. The lowest BCUT2D eigenvalue weighted by molar-refractivity contribution is -0.123. The van der Waals surface area contributed by atoms with E-state index in [1.54, 1.807) is 18.2 Å². The van der Waals surface area contributed by atoms with Crippen LogP contribution in [0, 0.1) is 12.8 Å². The third-order valence-corrected chi connectivity index (χ3v) is 3.49. The Morgan fingerprint density at radius 3 is 2.72 bits per heavy atom. The summed E-state index contributed by atoms with van der Waals surface area (Å²) < 4.78 is 0. The Balaban J connectivity index is 1.98. The number of phenols is 1. The van der Waals surface area contributed by atoms with Crippen LogP contribution in [0.3, 0.4) is 0 Å². The summed E-state index contributed by atoms with van der Waals surface area (Å²) in [6, 6.07) is 4.85. The first-order chi connectivity index (χ1) is 8.47. The van der Waals surface area contributed by atoms with Gasteiger partial charge in [0.25, 0.3) is 0 Å². The number of hydrogen-bond acceptors (Lipinski definition) is 3. The number of phenolic OH excluding ortho intramolecular Hbond substituents is 1. The van der Waals surface area contributed by atoms with E-state index in [0.29, 0.717) is 5.92 Å². The number of carbonyl (C=O) groups excluding carboxylic acids is 1. The fourth-order valence-electron chi connectivity index (χ4n) is 2.25. The highest BCUT2D eigenvalue weighted by atomic mass is 16.3. The van der Waals surface area contributed by atoms with Gasteiger partial charge in [0.05, 0.1) is 6.04 Å². The molecule has 1 aliphatic rings. The molecule has 1 heterocycles. The fraction of sp³-hybridized carbons (Fsp3) is 0.500. The number of nitrogens with zero attached hydrogens (tertiary/aromatic N) is 1. The van der Waals surface area contributed by atoms with E-state index in [9.17, 15) is 9.90 Å². The van der Waals surface area contributed by atoms with Crippen molar-refractivity contribution in [1.82, 2.24) is 4.90 Å². The summed E-state index contributed by atoms with van der Waals surface area (Å²) in [5, 5.41) is 12.2. The zero-order valence-corrected chi connectivity index (χ0v) is 11.1. The Labute approximate surface area is 108 Å². The molecule has 1 saturated heterocycles. The Morgan fingerprint density at radius 1 is 1.50 bits per heavy atom. The molecule has 4 heteroatoms. The molecule has 1 aromatic rings. The lowest BCUT2D eigenvalue weighted by Gasteiger charge is -2.40. The van der Waals surface area contributed by atoms with Crippen LogP contribution in [0.15, 0.2) is 18.2 Å². The molecule has 1 amide bonds. The molecule has 0 aromatic heterocycles. The quantitative estimate of drug-likeness (QED) is 0.804. The van der Waals surface area contributed by atoms with Crippen molar-refractivity contribution < 1.29 is 9.90 Å². The number of likely N-dealkylation sites (tertiary alicyclic amines) is 1. The fourth-order valence-corrected chi connectivity index (χ4v) is 2.25. The lowest BCUT2D eigenvalue weighted by Crippen LogP contribution is -2.53. The number of aryl methyl sites for hydroxylation is 1. The molecule has 0 spiro atoms. The van der Waals surface area contributed by atoms with Gasteiger partial charge in [0.2, 0.25) is 5.91 Å². The van der Waals surface area contributed by atoms with E-state index in [-0.39, 0.29) is 17.7 Å². The molecule has 1 aliphatic heterocycles. The van der Waals surface area contributed by atoms with Gasteiger partial charge in [0.1, 0.15) is 5.75 Å². The monoisotopic (exact) mass is 248 g/mol. The first-order valence-corrected chi connectivity index (χ1v) is 6.32. The van der Waals surface area contributed by atoms with Crippen molar-refractivity contribution in [1.29, 1.82) is 0 Å². The zero-order valence-electron chi connectivity index (χ0n) is 11.1. The number of amides is 1. The second kappa shape index (κ2) is 4.98. The molecule has 2 rings (SSSR count). The van der Waals surface area contributed by atoms with Crippen molar-refractivity contribution >= 4 is 11.6 Å². The van der Waals surface area contributed by atoms with Gasteiger partial charge in [-0.25, -0.2) is 0 Å². The van der Waals surface area contributed by atoms with Crippen LogP contribution in [0.5, 0.6) is 5.75 Å². The Kier molecular flexibility index (Phi) is 3.57. The van der Waals surface area contributed by atoms with Gasteiger partial charge < -0.3 is 10.4 Å². The number of aromatic hydroxyl groups is 1. The van der Waals surface area contributed by atoms with Crippen LogP contribution < -0.4 is 5.32 Å². The third-order valence-electron chi connectivity index (χ3n) is 3.49. The van der Waals surface area contributed by atoms with Gasteiger partial charge in [-0.1, -0.05) is 6.92 Å². The lowest BCUT2D eigenvalue weighted by atomic mass is 10.00. The topological polar surface area (TPSA) is 52.6 Å². The van der Waals surface area contributed by atoms with E-state index in [1.165, 1.54) is 0 Å². The van der Waals surface area contributed by atoms with Gasteiger partial charge in [-0.3, -0.25) is 9.69 Å². The van der Waals surface area contributed by atoms with Crippen molar-refractivity contribution in [3.63, 3.8) is 0 Å². The minimum Gasteiger partial charge on any atom is -0.508 e. The van der Waals surface area contributed by atoms with Crippen molar-refractivity contribution in [2.75, 3.05) is 18.4 Å². The maximum Gasteiger partial charge on any atom is 0.241 e. The van der Waals surface area contributed by atoms with E-state index in [1.807, 2.05) is 13.8 Å². The standard InChI is InChI=1S/C14H20N2O2/c1-9-7-16(8-9)11(3)14(18)15-13-5-4-12(17)6-10(13)2/h4-6,9,11,17H,7-8H2,1-3H3,(H,15,18)/t11-/m0/s1. The van der Waals surface area contributed by atoms with Crippen LogP contribution in [-0.4, -0.2) is 35.0 Å². The molecule has 18 heavy (non-hydrogen) atoms. The van der Waals surface area contributed by atoms with E-state index in [4.69, 9.17) is 0 Å². The molecule has 98 valence electrons.